The van der Waals surface area contributed by atoms with Gasteiger partial charge < -0.3 is 5.32 Å². The zero-order valence-corrected chi connectivity index (χ0v) is 12.7. The minimum Gasteiger partial charge on any atom is -0.367 e. The number of hydrogen-bond donors (Lipinski definition) is 2. The van der Waals surface area contributed by atoms with Gasteiger partial charge in [-0.1, -0.05) is 12.1 Å². The van der Waals surface area contributed by atoms with Crippen LogP contribution in [-0.4, -0.2) is 9.55 Å². The third-order valence-corrected chi connectivity index (χ3v) is 3.90. The molecule has 5 nitrogen and oxygen atoms in total. The summed E-state index contributed by atoms with van der Waals surface area (Å²) in [6, 6.07) is 6.12. The van der Waals surface area contributed by atoms with Gasteiger partial charge in [-0.2, -0.15) is 13.2 Å². The van der Waals surface area contributed by atoms with Crippen LogP contribution in [0.5, 0.6) is 0 Å². The molecule has 0 amide bonds. The molecule has 1 heterocycles. The first-order valence-electron chi connectivity index (χ1n) is 7.57. The van der Waals surface area contributed by atoms with Gasteiger partial charge in [0.25, 0.3) is 5.56 Å². The Hall–Kier alpha value is -2.51. The number of nitrogens with one attached hydrogen (secondary N) is 2. The van der Waals surface area contributed by atoms with E-state index in [9.17, 15) is 22.8 Å². The van der Waals surface area contributed by atoms with E-state index in [1.165, 1.54) is 18.2 Å². The fourth-order valence-electron chi connectivity index (χ4n) is 2.40. The highest BCUT2D eigenvalue weighted by Gasteiger charge is 2.30. The predicted octanol–water partition coefficient (Wildman–Crippen LogP) is 2.58. The first kappa shape index (κ1) is 16.4. The molecule has 3 rings (SSSR count). The van der Waals surface area contributed by atoms with Crippen molar-refractivity contribution in [2.45, 2.75) is 32.1 Å². The van der Waals surface area contributed by atoms with E-state index in [-0.39, 0.29) is 12.4 Å². The minimum atomic E-state index is -4.41. The van der Waals surface area contributed by atoms with Gasteiger partial charge in [0.1, 0.15) is 5.82 Å². The maximum atomic E-state index is 12.7. The van der Waals surface area contributed by atoms with Gasteiger partial charge >= 0.3 is 11.9 Å². The molecule has 2 aromatic rings. The molecule has 1 aliphatic rings. The summed E-state index contributed by atoms with van der Waals surface area (Å²) >= 11 is 0. The van der Waals surface area contributed by atoms with Crippen LogP contribution in [0.15, 0.2) is 39.9 Å². The fraction of sp³-hybridized carbons (Fsp3) is 0.375. The maximum Gasteiger partial charge on any atom is 0.416 e. The van der Waals surface area contributed by atoms with Crippen LogP contribution in [0.4, 0.5) is 19.0 Å². The summed E-state index contributed by atoms with van der Waals surface area (Å²) in [5.41, 5.74) is -1.28. The number of alkyl halides is 3. The molecule has 1 aromatic carbocycles. The van der Waals surface area contributed by atoms with Gasteiger partial charge in [-0.25, -0.2) is 4.79 Å². The Morgan fingerprint density at radius 3 is 2.58 bits per heavy atom. The van der Waals surface area contributed by atoms with E-state index in [4.69, 9.17) is 0 Å². The third kappa shape index (κ3) is 3.87. The summed E-state index contributed by atoms with van der Waals surface area (Å²) in [5, 5.41) is 2.78. The van der Waals surface area contributed by atoms with Gasteiger partial charge in [0.15, 0.2) is 0 Å². The molecule has 1 aromatic heterocycles. The molecule has 1 fully saturated rings. The smallest absolute Gasteiger partial charge is 0.367 e. The van der Waals surface area contributed by atoms with E-state index in [1.807, 2.05) is 0 Å². The molecule has 24 heavy (non-hydrogen) atoms. The van der Waals surface area contributed by atoms with Gasteiger partial charge in [0, 0.05) is 19.2 Å². The summed E-state index contributed by atoms with van der Waals surface area (Å²) in [6.07, 6.45) is -2.38. The highest BCUT2D eigenvalue weighted by molar-refractivity contribution is 5.35. The van der Waals surface area contributed by atoms with Crippen LogP contribution in [-0.2, 0) is 19.3 Å². The van der Waals surface area contributed by atoms with Gasteiger partial charge in [-0.3, -0.25) is 14.3 Å². The summed E-state index contributed by atoms with van der Waals surface area (Å²) in [6.45, 7) is 0.466. The number of benzene rings is 1. The average molecular weight is 339 g/mol. The number of anilines is 1. The molecule has 1 aliphatic carbocycles. The number of hydrogen-bond acceptors (Lipinski definition) is 3. The zero-order valence-electron chi connectivity index (χ0n) is 12.7. The van der Waals surface area contributed by atoms with Crippen molar-refractivity contribution in [3.8, 4) is 0 Å². The molecule has 0 unspecified atom stereocenters. The molecule has 0 radical (unpaired) electrons. The Labute approximate surface area is 135 Å². The summed E-state index contributed by atoms with van der Waals surface area (Å²) in [4.78, 5) is 26.5. The van der Waals surface area contributed by atoms with Crippen LogP contribution in [0.1, 0.15) is 24.0 Å². The number of nitrogens with zero attached hydrogens (tertiary/aromatic N) is 1. The van der Waals surface area contributed by atoms with E-state index < -0.39 is 23.0 Å². The van der Waals surface area contributed by atoms with E-state index in [0.29, 0.717) is 18.0 Å². The standard InChI is InChI=1S/C16H16F3N3O2/c17-16(18,19)12-3-1-2-11(6-12)8-20-13-7-14(23)22(15(24)21-13)9-10-4-5-10/h1-3,6-7,10,20H,4-5,8-9H2,(H,21,24). The number of aromatic amines is 1. The van der Waals surface area contributed by atoms with Gasteiger partial charge in [-0.05, 0) is 36.5 Å². The highest BCUT2D eigenvalue weighted by atomic mass is 19.4. The third-order valence-electron chi connectivity index (χ3n) is 3.90. The van der Waals surface area contributed by atoms with E-state index in [2.05, 4.69) is 10.3 Å². The number of rotatable bonds is 5. The van der Waals surface area contributed by atoms with E-state index in [1.54, 1.807) is 0 Å². The van der Waals surface area contributed by atoms with E-state index in [0.717, 1.165) is 29.5 Å². The first-order valence-corrected chi connectivity index (χ1v) is 7.57. The van der Waals surface area contributed by atoms with Crippen LogP contribution in [0, 0.1) is 5.92 Å². The Kier molecular flexibility index (Phi) is 4.21. The van der Waals surface area contributed by atoms with Gasteiger partial charge in [0.2, 0.25) is 0 Å². The lowest BCUT2D eigenvalue weighted by atomic mass is 10.1. The molecule has 8 heteroatoms. The molecule has 2 N–H and O–H groups in total. The molecule has 0 aliphatic heterocycles. The first-order chi connectivity index (χ1) is 11.3. The Morgan fingerprint density at radius 2 is 1.96 bits per heavy atom. The second kappa shape index (κ2) is 6.18. The molecular formula is C16H16F3N3O2. The number of aromatic nitrogens is 2. The van der Waals surface area contributed by atoms with E-state index >= 15 is 0 Å². The predicted molar refractivity (Wildman–Crippen MR) is 82.8 cm³/mol. The van der Waals surface area contributed by atoms with Crippen molar-refractivity contribution in [2.24, 2.45) is 5.92 Å². The monoisotopic (exact) mass is 339 g/mol. The van der Waals surface area contributed by atoms with Crippen LogP contribution < -0.4 is 16.6 Å². The van der Waals surface area contributed by atoms with Crippen molar-refractivity contribution in [3.05, 3.63) is 62.3 Å². The topological polar surface area (TPSA) is 66.9 Å². The zero-order chi connectivity index (χ0) is 17.3. The van der Waals surface area contributed by atoms with Crippen molar-refractivity contribution < 1.29 is 13.2 Å². The summed E-state index contributed by atoms with van der Waals surface area (Å²) < 4.78 is 39.2. The molecule has 0 spiro atoms. The lowest BCUT2D eigenvalue weighted by Crippen LogP contribution is -2.35. The Bertz CT molecular complexity index is 819. The molecular weight excluding hydrogens is 323 g/mol. The Morgan fingerprint density at radius 1 is 1.21 bits per heavy atom. The van der Waals surface area contributed by atoms with Crippen molar-refractivity contribution >= 4 is 5.82 Å². The lowest BCUT2D eigenvalue weighted by Gasteiger charge is -2.11. The Balaban J connectivity index is 1.73. The second-order valence-corrected chi connectivity index (χ2v) is 5.93. The maximum absolute atomic E-state index is 12.7. The van der Waals surface area contributed by atoms with Crippen LogP contribution >= 0.6 is 0 Å². The number of H-pyrrole nitrogens is 1. The molecule has 0 atom stereocenters. The summed E-state index contributed by atoms with van der Waals surface area (Å²) in [5.74, 6) is 0.571. The van der Waals surface area contributed by atoms with Gasteiger partial charge in [-0.15, -0.1) is 0 Å². The molecule has 0 bridgehead atoms. The van der Waals surface area contributed by atoms with Crippen LogP contribution in [0.2, 0.25) is 0 Å². The second-order valence-electron chi connectivity index (χ2n) is 5.93. The highest BCUT2D eigenvalue weighted by Crippen LogP contribution is 2.30. The normalized spacial score (nSPS) is 14.6. The van der Waals surface area contributed by atoms with Gasteiger partial charge in [0.05, 0.1) is 5.56 Å². The fourth-order valence-corrected chi connectivity index (χ4v) is 2.40. The average Bonchev–Trinajstić information content (AvgIpc) is 3.32. The van der Waals surface area contributed by atoms with Crippen molar-refractivity contribution in [1.29, 1.82) is 0 Å². The lowest BCUT2D eigenvalue weighted by molar-refractivity contribution is -0.137. The van der Waals surface area contributed by atoms with Crippen molar-refractivity contribution in [1.82, 2.24) is 9.55 Å². The SMILES string of the molecule is O=c1cc(NCc2cccc(C(F)(F)F)c2)[nH]c(=O)n1CC1CC1. The van der Waals surface area contributed by atoms with Crippen LogP contribution in [0.25, 0.3) is 0 Å². The molecule has 1 saturated carbocycles. The van der Waals surface area contributed by atoms with Crippen molar-refractivity contribution in [2.75, 3.05) is 5.32 Å². The van der Waals surface area contributed by atoms with Crippen molar-refractivity contribution in [3.63, 3.8) is 0 Å². The minimum absolute atomic E-state index is 0.0614. The molecule has 0 saturated heterocycles. The molecule has 128 valence electrons. The number of halogens is 3. The quantitative estimate of drug-likeness (QED) is 0.880. The summed E-state index contributed by atoms with van der Waals surface area (Å²) in [7, 11) is 0. The van der Waals surface area contributed by atoms with Crippen LogP contribution in [0.3, 0.4) is 0 Å². The largest absolute Gasteiger partial charge is 0.416 e.